The van der Waals surface area contributed by atoms with Crippen molar-refractivity contribution in [2.45, 2.75) is 236 Å². The molecule has 4 aliphatic heterocycles. The van der Waals surface area contributed by atoms with Gasteiger partial charge in [0.2, 0.25) is 0 Å². The molecule has 29 heteroatoms. The Bertz CT molecular complexity index is 2100. The van der Waals surface area contributed by atoms with Gasteiger partial charge in [-0.1, -0.05) is 12.2 Å². The summed E-state index contributed by atoms with van der Waals surface area (Å²) in [4.78, 5) is 25.8. The van der Waals surface area contributed by atoms with Crippen LogP contribution in [0.5, 0.6) is 0 Å². The molecule has 8 fully saturated rings. The lowest BCUT2D eigenvalue weighted by Gasteiger charge is -2.49. The van der Waals surface area contributed by atoms with Crippen LogP contribution in [0.25, 0.3) is 0 Å². The predicted octanol–water partition coefficient (Wildman–Crippen LogP) is -6.04. The molecule has 482 valence electrons. The van der Waals surface area contributed by atoms with E-state index in [0.29, 0.717) is 25.7 Å². The van der Waals surface area contributed by atoms with Crippen molar-refractivity contribution in [1.29, 1.82) is 0 Å². The van der Waals surface area contributed by atoms with Crippen molar-refractivity contribution >= 4 is 11.9 Å². The van der Waals surface area contributed by atoms with E-state index in [1.807, 2.05) is 0 Å². The molecule has 0 spiro atoms. The van der Waals surface area contributed by atoms with E-state index in [2.05, 4.69) is 0 Å². The van der Waals surface area contributed by atoms with Crippen LogP contribution in [-0.2, 0) is 66.4 Å². The number of hydrogen-bond donors (Lipinski definition) is 14. The smallest absolute Gasteiger partial charge is 0.330 e. The van der Waals surface area contributed by atoms with Gasteiger partial charge in [0.25, 0.3) is 0 Å². The first-order chi connectivity index (χ1) is 40.1. The summed E-state index contributed by atoms with van der Waals surface area (Å²) < 4.78 is 73.9. The van der Waals surface area contributed by atoms with Gasteiger partial charge in [-0.15, -0.1) is 0 Å². The molecule has 4 heterocycles. The van der Waals surface area contributed by atoms with Crippen molar-refractivity contribution in [3.63, 3.8) is 0 Å². The van der Waals surface area contributed by atoms with Crippen molar-refractivity contribution < 1.29 is 143 Å². The van der Waals surface area contributed by atoms with Gasteiger partial charge in [-0.25, -0.2) is 9.59 Å². The van der Waals surface area contributed by atoms with Gasteiger partial charge in [0, 0.05) is 59.4 Å². The summed E-state index contributed by atoms with van der Waals surface area (Å²) in [5.74, 6) is -3.25. The molecule has 4 saturated heterocycles. The SMILES string of the molecule is COC1CC(C=CC(=O)OCC2OC(OC3CC(O)C4CC(OC5OC(CO)C(O)C(O)C5O)C(C5CCC(O)C(OC6OC(COC(=O)C=CC7CC(OC)C(O)C(OC)C7)C(O)C(O)C6O)C5)[OH+]C4C3)C(O)C(O)C2O)CC(OC)C1O. The maximum atomic E-state index is 12.9. The van der Waals surface area contributed by atoms with Crippen LogP contribution in [0.4, 0.5) is 0 Å². The van der Waals surface area contributed by atoms with E-state index in [9.17, 15) is 81.1 Å². The van der Waals surface area contributed by atoms with E-state index in [1.165, 1.54) is 40.6 Å². The highest BCUT2D eigenvalue weighted by atomic mass is 16.7. The first-order valence-electron chi connectivity index (χ1n) is 29.0. The Morgan fingerprint density at radius 3 is 1.33 bits per heavy atom. The van der Waals surface area contributed by atoms with Crippen LogP contribution in [0.1, 0.15) is 64.2 Å². The fourth-order valence-corrected chi connectivity index (χ4v) is 13.3. The molecule has 0 amide bonds. The Kier molecular flexibility index (Phi) is 24.3. The monoisotopic (exact) mass is 1210 g/mol. The Morgan fingerprint density at radius 2 is 0.881 bits per heavy atom. The number of ether oxygens (including phenoxy) is 13. The third-order valence-corrected chi connectivity index (χ3v) is 18.3. The number of fused-ring (bicyclic) bond motifs is 1. The molecule has 0 aromatic heterocycles. The Hall–Kier alpha value is -2.58. The van der Waals surface area contributed by atoms with Gasteiger partial charge in [0.05, 0.1) is 61.4 Å². The molecule has 8 aliphatic rings. The molecule has 0 aromatic carbocycles. The second kappa shape index (κ2) is 30.3. The summed E-state index contributed by atoms with van der Waals surface area (Å²) in [5, 5.41) is 152. The van der Waals surface area contributed by atoms with E-state index in [0.717, 1.165) is 0 Å². The van der Waals surface area contributed by atoms with E-state index in [4.69, 9.17) is 61.6 Å². The first kappa shape index (κ1) is 67.4. The third kappa shape index (κ3) is 15.7. The topological polar surface area (TPSA) is 441 Å². The quantitative estimate of drug-likeness (QED) is 0.0306. The van der Waals surface area contributed by atoms with Crippen molar-refractivity contribution in [2.75, 3.05) is 48.3 Å². The van der Waals surface area contributed by atoms with Crippen LogP contribution in [-0.4, -0.2) is 308 Å². The van der Waals surface area contributed by atoms with Crippen molar-refractivity contribution in [1.82, 2.24) is 0 Å². The van der Waals surface area contributed by atoms with Crippen LogP contribution in [0.2, 0.25) is 0 Å². The van der Waals surface area contributed by atoms with Gasteiger partial charge in [-0.3, -0.25) is 0 Å². The zero-order chi connectivity index (χ0) is 60.8. The number of methoxy groups -OCH3 is 4. The molecule has 0 bridgehead atoms. The van der Waals surface area contributed by atoms with Crippen molar-refractivity contribution in [2.24, 2.45) is 23.7 Å². The fraction of sp³-hybridized carbons (Fsp3) is 0.891. The molecule has 8 rings (SSSR count). The number of hydrogen-bond acceptors (Lipinski definition) is 28. The molecule has 0 aromatic rings. The zero-order valence-corrected chi connectivity index (χ0v) is 47.4. The van der Waals surface area contributed by atoms with E-state index >= 15 is 0 Å². The molecule has 15 N–H and O–H groups in total. The minimum absolute atomic E-state index is 0.0111. The average molecular weight is 1210 g/mol. The molecule has 4 saturated carbocycles. The first-order valence-corrected chi connectivity index (χ1v) is 29.0. The summed E-state index contributed by atoms with van der Waals surface area (Å²) in [6, 6.07) is 0. The number of esters is 2. The summed E-state index contributed by atoms with van der Waals surface area (Å²) in [6.07, 6.45) is -28.3. The Labute approximate surface area is 485 Å². The van der Waals surface area contributed by atoms with Gasteiger partial charge >= 0.3 is 11.9 Å². The van der Waals surface area contributed by atoms with Gasteiger partial charge in [0.15, 0.2) is 31.1 Å². The lowest BCUT2D eigenvalue weighted by Crippen LogP contribution is -2.64. The molecular formula is C55H89O29+. The zero-order valence-electron chi connectivity index (χ0n) is 47.4. The van der Waals surface area contributed by atoms with Gasteiger partial charge in [0.1, 0.15) is 105 Å². The summed E-state index contributed by atoms with van der Waals surface area (Å²) in [7, 11) is 5.84. The second-order valence-corrected chi connectivity index (χ2v) is 23.6. The van der Waals surface area contributed by atoms with Crippen LogP contribution in [0.15, 0.2) is 24.3 Å². The number of allylic oxidation sites excluding steroid dienone is 2. The highest BCUT2D eigenvalue weighted by Gasteiger charge is 2.57. The lowest BCUT2D eigenvalue weighted by atomic mass is 9.72. The van der Waals surface area contributed by atoms with E-state index in [-0.39, 0.29) is 50.4 Å². The molecule has 28 unspecified atom stereocenters. The molecule has 84 heavy (non-hydrogen) atoms. The maximum Gasteiger partial charge on any atom is 0.330 e. The number of rotatable bonds is 20. The minimum atomic E-state index is -1.86. The van der Waals surface area contributed by atoms with Gasteiger partial charge < -0.3 is 133 Å². The fourth-order valence-electron chi connectivity index (χ4n) is 13.3. The normalized spacial score (nSPS) is 48.6. The van der Waals surface area contributed by atoms with Crippen LogP contribution in [0.3, 0.4) is 0 Å². The predicted molar refractivity (Wildman–Crippen MR) is 279 cm³/mol. The highest BCUT2D eigenvalue weighted by molar-refractivity contribution is 5.82. The summed E-state index contributed by atoms with van der Waals surface area (Å²) in [6.45, 7) is -1.89. The molecular weight excluding hydrogens is 1120 g/mol. The van der Waals surface area contributed by atoms with Crippen LogP contribution < -0.4 is 0 Å². The van der Waals surface area contributed by atoms with E-state index in [1.54, 1.807) is 12.2 Å². The van der Waals surface area contributed by atoms with Crippen LogP contribution >= 0.6 is 0 Å². The molecule has 28 atom stereocenters. The number of carbonyl (C=O) groups is 2. The van der Waals surface area contributed by atoms with Crippen molar-refractivity contribution in [3.8, 4) is 0 Å². The Balaban J connectivity index is 0.921. The summed E-state index contributed by atoms with van der Waals surface area (Å²) >= 11 is 0. The maximum absolute atomic E-state index is 12.9. The standard InChI is InChI=1S/C55H88O29/c1-72-31-11-22(12-32(73-2)41(31)61)5-9-39(59)76-20-37-44(64)47(67)49(69)53(83-37)78-25-16-28(58)26-18-35(81-55-50(70)46(66)43(63)36(19-56)82-55)52(79-29(26)17-25)24-7-8-27(57)30(15-24)80-54-51(71)48(68)45(65)38(84-54)21-77-40(60)10-6-23-13-33(74-3)42(62)34(14-23)75-4/h5-6,9-10,22-38,41-58,61-71H,7-8,11-21H2,1-4H3/p+1. The number of carbonyl (C=O) groups excluding carboxylic acids is 2. The highest BCUT2D eigenvalue weighted by Crippen LogP contribution is 2.44. The second-order valence-electron chi connectivity index (χ2n) is 23.6. The van der Waals surface area contributed by atoms with Crippen LogP contribution in [0, 0.1) is 23.7 Å². The third-order valence-electron chi connectivity index (χ3n) is 18.3. The van der Waals surface area contributed by atoms with E-state index < -0.39 is 215 Å². The molecule has 0 radical (unpaired) electrons. The summed E-state index contributed by atoms with van der Waals surface area (Å²) in [5.41, 5.74) is 0. The Morgan fingerprint density at radius 1 is 0.452 bits per heavy atom. The van der Waals surface area contributed by atoms with Gasteiger partial charge in [-0.05, 0) is 63.2 Å². The molecule has 4 aliphatic carbocycles. The van der Waals surface area contributed by atoms with Gasteiger partial charge in [-0.2, -0.15) is 0 Å². The number of aliphatic hydroxyl groups excluding tert-OH is 14. The largest absolute Gasteiger partial charge is 0.460 e. The molecule has 29 nitrogen and oxygen atoms in total. The lowest BCUT2D eigenvalue weighted by molar-refractivity contribution is -0.364. The van der Waals surface area contributed by atoms with Crippen molar-refractivity contribution in [3.05, 3.63) is 24.3 Å². The number of aliphatic hydroxyl groups is 16. The average Bonchev–Trinajstić information content (AvgIpc) is 2.27. The minimum Gasteiger partial charge on any atom is -0.460 e.